The van der Waals surface area contributed by atoms with Crippen molar-refractivity contribution in [1.29, 1.82) is 0 Å². The molecule has 5 heteroatoms. The third kappa shape index (κ3) is 3.60. The molecule has 0 fully saturated rings. The molecule has 0 saturated carbocycles. The molecule has 3 N–H and O–H groups in total. The summed E-state index contributed by atoms with van der Waals surface area (Å²) in [5, 5.41) is 23.5. The van der Waals surface area contributed by atoms with Crippen LogP contribution < -0.4 is 5.32 Å². The summed E-state index contributed by atoms with van der Waals surface area (Å²) in [5.74, 6) is -1.91. The highest BCUT2D eigenvalue weighted by Gasteiger charge is 2.22. The molecule has 0 radical (unpaired) electrons. The number of hydrogen-bond acceptors (Lipinski definition) is 4. The summed E-state index contributed by atoms with van der Waals surface area (Å²) in [5.41, 5.74) is 3.12. The topological polar surface area (TPSA) is 86.6 Å². The Morgan fingerprint density at radius 2 is 1.54 bits per heavy atom. The van der Waals surface area contributed by atoms with Gasteiger partial charge in [-0.3, -0.25) is 4.79 Å². The van der Waals surface area contributed by atoms with Crippen LogP contribution in [0.5, 0.6) is 5.75 Å². The number of rotatable bonds is 6. The zero-order valence-electron chi connectivity index (χ0n) is 15.7. The van der Waals surface area contributed by atoms with Crippen molar-refractivity contribution in [1.82, 2.24) is 0 Å². The number of ketones is 1. The van der Waals surface area contributed by atoms with Gasteiger partial charge in [-0.2, -0.15) is 0 Å². The van der Waals surface area contributed by atoms with Crippen molar-refractivity contribution >= 4 is 23.1 Å². The fourth-order valence-electron chi connectivity index (χ4n) is 3.11. The summed E-state index contributed by atoms with van der Waals surface area (Å²) >= 11 is 0. The highest BCUT2D eigenvalue weighted by atomic mass is 16.4. The van der Waals surface area contributed by atoms with Gasteiger partial charge in [0.25, 0.3) is 0 Å². The molecule has 0 aliphatic carbocycles. The number of para-hydroxylation sites is 1. The van der Waals surface area contributed by atoms with Crippen molar-refractivity contribution < 1.29 is 19.8 Å². The maximum absolute atomic E-state index is 13.0. The van der Waals surface area contributed by atoms with Gasteiger partial charge in [0.15, 0.2) is 5.78 Å². The molecule has 0 amide bonds. The number of aryl methyl sites for hydroxylation is 2. The lowest BCUT2D eigenvalue weighted by Gasteiger charge is -2.17. The molecule has 0 spiro atoms. The van der Waals surface area contributed by atoms with Crippen LogP contribution in [0.25, 0.3) is 0 Å². The second-order valence-electron chi connectivity index (χ2n) is 6.47. The van der Waals surface area contributed by atoms with Crippen LogP contribution in [0.1, 0.15) is 44.3 Å². The molecule has 3 rings (SSSR count). The lowest BCUT2D eigenvalue weighted by Crippen LogP contribution is -2.10. The molecule has 3 aromatic carbocycles. The Hall–Kier alpha value is -3.60. The van der Waals surface area contributed by atoms with Gasteiger partial charge < -0.3 is 15.5 Å². The molecule has 0 heterocycles. The number of carboxylic acids is 1. The summed E-state index contributed by atoms with van der Waals surface area (Å²) in [6, 6.07) is 16.9. The summed E-state index contributed by atoms with van der Waals surface area (Å²) < 4.78 is 0. The number of aromatic carboxylic acids is 1. The van der Waals surface area contributed by atoms with E-state index in [2.05, 4.69) is 5.32 Å². The van der Waals surface area contributed by atoms with Crippen molar-refractivity contribution in [2.75, 3.05) is 5.32 Å². The van der Waals surface area contributed by atoms with E-state index in [-0.39, 0.29) is 22.4 Å². The highest BCUT2D eigenvalue weighted by Crippen LogP contribution is 2.36. The van der Waals surface area contributed by atoms with Crippen LogP contribution in [-0.2, 0) is 6.42 Å². The summed E-state index contributed by atoms with van der Waals surface area (Å²) in [6.07, 6.45) is 0.655. The Kier molecular flexibility index (Phi) is 5.45. The van der Waals surface area contributed by atoms with Gasteiger partial charge in [-0.05, 0) is 42.7 Å². The number of phenols is 1. The lowest BCUT2D eigenvalue weighted by atomic mass is 9.95. The Balaban J connectivity index is 2.10. The molecule has 0 aromatic heterocycles. The first kappa shape index (κ1) is 19.2. The van der Waals surface area contributed by atoms with E-state index >= 15 is 0 Å². The molecule has 142 valence electrons. The summed E-state index contributed by atoms with van der Waals surface area (Å²) in [7, 11) is 0. The molecular formula is C23H21NO4. The SMILES string of the molecule is CCc1ccc(C(=O)c2ccccc2C(=O)O)c(O)c1Nc1ccccc1C. The van der Waals surface area contributed by atoms with Crippen LogP contribution in [0, 0.1) is 6.92 Å². The van der Waals surface area contributed by atoms with Crippen molar-refractivity contribution in [3.8, 4) is 5.75 Å². The molecular weight excluding hydrogens is 354 g/mol. The lowest BCUT2D eigenvalue weighted by molar-refractivity contribution is 0.0692. The summed E-state index contributed by atoms with van der Waals surface area (Å²) in [4.78, 5) is 24.5. The fraction of sp³-hybridized carbons (Fsp3) is 0.130. The Labute approximate surface area is 163 Å². The van der Waals surface area contributed by atoms with Crippen LogP contribution in [0.2, 0.25) is 0 Å². The van der Waals surface area contributed by atoms with E-state index in [0.29, 0.717) is 12.1 Å². The molecule has 0 bridgehead atoms. The minimum absolute atomic E-state index is 0.0383. The zero-order valence-corrected chi connectivity index (χ0v) is 15.7. The first-order valence-corrected chi connectivity index (χ1v) is 8.98. The predicted octanol–water partition coefficient (Wildman–Crippen LogP) is 4.94. The third-order valence-electron chi connectivity index (χ3n) is 4.70. The standard InChI is InChI=1S/C23H21NO4/c1-3-15-12-13-18(21(25)16-9-5-6-10-17(16)23(27)28)22(26)20(15)24-19-11-7-4-8-14(19)2/h4-13,24,26H,3H2,1-2H3,(H,27,28). The number of aromatic hydroxyl groups is 1. The van der Waals surface area contributed by atoms with Crippen molar-refractivity contribution in [3.63, 3.8) is 0 Å². The van der Waals surface area contributed by atoms with E-state index in [9.17, 15) is 19.8 Å². The van der Waals surface area contributed by atoms with E-state index in [0.717, 1.165) is 16.8 Å². The van der Waals surface area contributed by atoms with Crippen LogP contribution >= 0.6 is 0 Å². The zero-order chi connectivity index (χ0) is 20.3. The highest BCUT2D eigenvalue weighted by molar-refractivity contribution is 6.16. The van der Waals surface area contributed by atoms with Gasteiger partial charge in [-0.1, -0.05) is 49.4 Å². The van der Waals surface area contributed by atoms with Gasteiger partial charge in [-0.25, -0.2) is 4.79 Å². The van der Waals surface area contributed by atoms with Gasteiger partial charge in [0.2, 0.25) is 0 Å². The Morgan fingerprint density at radius 1 is 0.893 bits per heavy atom. The van der Waals surface area contributed by atoms with Crippen molar-refractivity contribution in [3.05, 3.63) is 88.5 Å². The quantitative estimate of drug-likeness (QED) is 0.420. The number of carboxylic acid groups (broad SMARTS) is 1. The van der Waals surface area contributed by atoms with E-state index < -0.39 is 11.8 Å². The molecule has 5 nitrogen and oxygen atoms in total. The molecule has 3 aromatic rings. The number of carbonyl (C=O) groups excluding carboxylic acids is 1. The molecule has 28 heavy (non-hydrogen) atoms. The Bertz CT molecular complexity index is 1060. The van der Waals surface area contributed by atoms with Gasteiger partial charge in [0.1, 0.15) is 5.75 Å². The third-order valence-corrected chi connectivity index (χ3v) is 4.70. The number of anilines is 2. The minimum Gasteiger partial charge on any atom is -0.505 e. The minimum atomic E-state index is -1.19. The molecule has 0 aliphatic rings. The first-order chi connectivity index (χ1) is 13.4. The van der Waals surface area contributed by atoms with Gasteiger partial charge >= 0.3 is 5.97 Å². The van der Waals surface area contributed by atoms with Crippen LogP contribution in [-0.4, -0.2) is 22.0 Å². The fourth-order valence-corrected chi connectivity index (χ4v) is 3.11. The molecule has 0 atom stereocenters. The molecule has 0 unspecified atom stereocenters. The maximum atomic E-state index is 13.0. The normalized spacial score (nSPS) is 10.5. The smallest absolute Gasteiger partial charge is 0.336 e. The maximum Gasteiger partial charge on any atom is 0.336 e. The van der Waals surface area contributed by atoms with Crippen LogP contribution in [0.3, 0.4) is 0 Å². The van der Waals surface area contributed by atoms with Gasteiger partial charge in [-0.15, -0.1) is 0 Å². The second kappa shape index (κ2) is 7.96. The number of nitrogens with one attached hydrogen (secondary N) is 1. The average Bonchev–Trinajstić information content (AvgIpc) is 2.70. The number of carbonyl (C=O) groups is 2. The van der Waals surface area contributed by atoms with Crippen LogP contribution in [0.15, 0.2) is 60.7 Å². The number of hydrogen-bond donors (Lipinski definition) is 3. The molecule has 0 aliphatic heterocycles. The van der Waals surface area contributed by atoms with Crippen molar-refractivity contribution in [2.24, 2.45) is 0 Å². The summed E-state index contributed by atoms with van der Waals surface area (Å²) in [6.45, 7) is 3.90. The van der Waals surface area contributed by atoms with Crippen LogP contribution in [0.4, 0.5) is 11.4 Å². The predicted molar refractivity (Wildman–Crippen MR) is 109 cm³/mol. The number of phenolic OH excluding ortho intramolecular Hbond substituents is 1. The second-order valence-corrected chi connectivity index (χ2v) is 6.47. The monoisotopic (exact) mass is 375 g/mol. The molecule has 0 saturated heterocycles. The van der Waals surface area contributed by atoms with Gasteiger partial charge in [0.05, 0.1) is 16.8 Å². The largest absolute Gasteiger partial charge is 0.505 e. The van der Waals surface area contributed by atoms with E-state index in [1.165, 1.54) is 18.2 Å². The Morgan fingerprint density at radius 3 is 2.18 bits per heavy atom. The van der Waals surface area contributed by atoms with E-state index in [1.807, 2.05) is 38.1 Å². The van der Waals surface area contributed by atoms with E-state index in [4.69, 9.17) is 0 Å². The van der Waals surface area contributed by atoms with Crippen molar-refractivity contribution in [2.45, 2.75) is 20.3 Å². The van der Waals surface area contributed by atoms with E-state index in [1.54, 1.807) is 18.2 Å². The average molecular weight is 375 g/mol. The number of benzene rings is 3. The first-order valence-electron chi connectivity index (χ1n) is 8.98. The van der Waals surface area contributed by atoms with Gasteiger partial charge in [0, 0.05) is 11.3 Å².